The Hall–Kier alpha value is -1.63. The lowest BCUT2D eigenvalue weighted by molar-refractivity contribution is 0.402. The van der Waals surface area contributed by atoms with Gasteiger partial charge in [-0.2, -0.15) is 0 Å². The Morgan fingerprint density at radius 2 is 1.81 bits per heavy atom. The molecule has 112 valence electrons. The Morgan fingerprint density at radius 1 is 1.14 bits per heavy atom. The number of benzene rings is 1. The van der Waals surface area contributed by atoms with Crippen LogP contribution in [0.15, 0.2) is 45.9 Å². The van der Waals surface area contributed by atoms with Crippen molar-refractivity contribution < 1.29 is 12.8 Å². The summed E-state index contributed by atoms with van der Waals surface area (Å²) in [5.74, 6) is 0.604. The van der Waals surface area contributed by atoms with Crippen molar-refractivity contribution in [3.8, 4) is 0 Å². The minimum absolute atomic E-state index is 0.0243. The maximum absolute atomic E-state index is 12.3. The molecule has 21 heavy (non-hydrogen) atoms. The van der Waals surface area contributed by atoms with Crippen LogP contribution in [-0.2, 0) is 29.4 Å². The quantitative estimate of drug-likeness (QED) is 0.877. The molecule has 0 unspecified atom stereocenters. The standard InChI is InChI=1S/C15H18N2O3S/c1-16-10-14-6-7-15(20-14)21(18,19)17-13-8-11-4-2-3-5-12(11)9-13/h2-7,13,16-17H,8-10H2,1H3. The zero-order chi connectivity index (χ0) is 14.9. The number of rotatable bonds is 5. The van der Waals surface area contributed by atoms with Crippen molar-refractivity contribution in [1.29, 1.82) is 0 Å². The van der Waals surface area contributed by atoms with Crippen molar-refractivity contribution in [2.45, 2.75) is 30.5 Å². The highest BCUT2D eigenvalue weighted by molar-refractivity contribution is 7.89. The van der Waals surface area contributed by atoms with Gasteiger partial charge in [-0.15, -0.1) is 0 Å². The average Bonchev–Trinajstić information content (AvgIpc) is 3.04. The van der Waals surface area contributed by atoms with Gasteiger partial charge in [0.2, 0.25) is 5.09 Å². The zero-order valence-corrected chi connectivity index (χ0v) is 12.6. The normalized spacial score (nSPS) is 15.3. The maximum Gasteiger partial charge on any atom is 0.274 e. The zero-order valence-electron chi connectivity index (χ0n) is 11.8. The minimum Gasteiger partial charge on any atom is -0.447 e. The molecule has 2 N–H and O–H groups in total. The van der Waals surface area contributed by atoms with Crippen LogP contribution in [0.4, 0.5) is 0 Å². The molecule has 3 rings (SSSR count). The molecule has 0 radical (unpaired) electrons. The van der Waals surface area contributed by atoms with E-state index in [-0.39, 0.29) is 11.1 Å². The lowest BCUT2D eigenvalue weighted by Crippen LogP contribution is -2.35. The molecule has 0 saturated carbocycles. The number of hydrogen-bond acceptors (Lipinski definition) is 4. The summed E-state index contributed by atoms with van der Waals surface area (Å²) in [7, 11) is -1.82. The smallest absolute Gasteiger partial charge is 0.274 e. The molecule has 1 aliphatic carbocycles. The number of sulfonamides is 1. The summed E-state index contributed by atoms with van der Waals surface area (Å²) >= 11 is 0. The van der Waals surface area contributed by atoms with Gasteiger partial charge in [-0.3, -0.25) is 0 Å². The van der Waals surface area contributed by atoms with Crippen molar-refractivity contribution in [1.82, 2.24) is 10.0 Å². The Kier molecular flexibility index (Phi) is 3.84. The first-order valence-corrected chi connectivity index (χ1v) is 8.39. The summed E-state index contributed by atoms with van der Waals surface area (Å²) in [5, 5.41) is 2.90. The van der Waals surface area contributed by atoms with Crippen LogP contribution in [0.3, 0.4) is 0 Å². The van der Waals surface area contributed by atoms with Crippen molar-refractivity contribution in [3.05, 3.63) is 53.3 Å². The molecule has 1 heterocycles. The highest BCUT2D eigenvalue weighted by Crippen LogP contribution is 2.23. The third-order valence-corrected chi connectivity index (χ3v) is 5.02. The molecule has 1 aliphatic rings. The van der Waals surface area contributed by atoms with Gasteiger partial charge in [-0.25, -0.2) is 13.1 Å². The maximum atomic E-state index is 12.3. The lowest BCUT2D eigenvalue weighted by Gasteiger charge is -2.10. The summed E-state index contributed by atoms with van der Waals surface area (Å²) in [6.07, 6.45) is 1.44. The second kappa shape index (κ2) is 5.63. The molecular formula is C15H18N2O3S. The van der Waals surface area contributed by atoms with Crippen molar-refractivity contribution in [3.63, 3.8) is 0 Å². The Morgan fingerprint density at radius 3 is 2.43 bits per heavy atom. The monoisotopic (exact) mass is 306 g/mol. The summed E-state index contributed by atoms with van der Waals surface area (Å²) in [4.78, 5) is 0. The molecule has 0 bridgehead atoms. The highest BCUT2D eigenvalue weighted by atomic mass is 32.2. The average molecular weight is 306 g/mol. The molecule has 0 spiro atoms. The van der Waals surface area contributed by atoms with Crippen LogP contribution in [0.5, 0.6) is 0 Å². The number of furan rings is 1. The van der Waals surface area contributed by atoms with E-state index < -0.39 is 10.0 Å². The third kappa shape index (κ3) is 3.02. The molecule has 0 aliphatic heterocycles. The van der Waals surface area contributed by atoms with Crippen LogP contribution < -0.4 is 10.0 Å². The van der Waals surface area contributed by atoms with E-state index in [0.717, 1.165) is 12.8 Å². The van der Waals surface area contributed by atoms with Crippen molar-refractivity contribution in [2.24, 2.45) is 0 Å². The van der Waals surface area contributed by atoms with Gasteiger partial charge in [-0.1, -0.05) is 24.3 Å². The first-order chi connectivity index (χ1) is 10.1. The number of hydrogen-bond donors (Lipinski definition) is 2. The molecule has 5 nitrogen and oxygen atoms in total. The van der Waals surface area contributed by atoms with Crippen molar-refractivity contribution in [2.75, 3.05) is 7.05 Å². The minimum atomic E-state index is -3.60. The molecule has 0 amide bonds. The molecule has 0 fully saturated rings. The molecule has 1 aromatic heterocycles. The predicted molar refractivity (Wildman–Crippen MR) is 79.4 cm³/mol. The fraction of sp³-hybridized carbons (Fsp3) is 0.333. The van der Waals surface area contributed by atoms with Gasteiger partial charge < -0.3 is 9.73 Å². The molecule has 1 aromatic carbocycles. The van der Waals surface area contributed by atoms with Crippen molar-refractivity contribution >= 4 is 10.0 Å². The number of nitrogens with one attached hydrogen (secondary N) is 2. The van der Waals surface area contributed by atoms with E-state index in [1.165, 1.54) is 17.2 Å². The van der Waals surface area contributed by atoms with Crippen LogP contribution in [0.1, 0.15) is 16.9 Å². The van der Waals surface area contributed by atoms with E-state index in [2.05, 4.69) is 10.0 Å². The molecule has 0 saturated heterocycles. The largest absolute Gasteiger partial charge is 0.447 e. The summed E-state index contributed by atoms with van der Waals surface area (Å²) in [6.45, 7) is 0.504. The Balaban J connectivity index is 1.72. The highest BCUT2D eigenvalue weighted by Gasteiger charge is 2.27. The van der Waals surface area contributed by atoms with E-state index in [4.69, 9.17) is 4.42 Å². The Bertz CT molecular complexity index is 712. The van der Waals surface area contributed by atoms with E-state index in [1.54, 1.807) is 13.1 Å². The molecule has 0 atom stereocenters. The summed E-state index contributed by atoms with van der Waals surface area (Å²) in [6, 6.07) is 11.1. The van der Waals surface area contributed by atoms with Gasteiger partial charge in [0.05, 0.1) is 6.54 Å². The van der Waals surface area contributed by atoms with Crippen LogP contribution in [0.25, 0.3) is 0 Å². The first-order valence-electron chi connectivity index (χ1n) is 6.91. The van der Waals surface area contributed by atoms with Gasteiger partial charge in [0.25, 0.3) is 10.0 Å². The summed E-state index contributed by atoms with van der Waals surface area (Å²) < 4.78 is 32.8. The first kappa shape index (κ1) is 14.3. The molecular weight excluding hydrogens is 288 g/mol. The van der Waals surface area contributed by atoms with Gasteiger partial charge in [-0.05, 0) is 43.1 Å². The van der Waals surface area contributed by atoms with Crippen LogP contribution in [0, 0.1) is 0 Å². The van der Waals surface area contributed by atoms with E-state index >= 15 is 0 Å². The fourth-order valence-electron chi connectivity index (χ4n) is 2.69. The Labute approximate surface area is 124 Å². The van der Waals surface area contributed by atoms with Crippen LogP contribution in [-0.4, -0.2) is 21.5 Å². The van der Waals surface area contributed by atoms with E-state index in [0.29, 0.717) is 12.3 Å². The van der Waals surface area contributed by atoms with Crippen LogP contribution >= 0.6 is 0 Å². The second-order valence-electron chi connectivity index (χ2n) is 5.25. The molecule has 2 aromatic rings. The predicted octanol–water partition coefficient (Wildman–Crippen LogP) is 1.44. The van der Waals surface area contributed by atoms with Gasteiger partial charge in [0.15, 0.2) is 0 Å². The van der Waals surface area contributed by atoms with E-state index in [1.807, 2.05) is 24.3 Å². The second-order valence-corrected chi connectivity index (χ2v) is 6.89. The number of fused-ring (bicyclic) bond motifs is 1. The van der Waals surface area contributed by atoms with E-state index in [9.17, 15) is 8.42 Å². The third-order valence-electron chi connectivity index (χ3n) is 3.63. The van der Waals surface area contributed by atoms with Gasteiger partial charge in [0.1, 0.15) is 5.76 Å². The SMILES string of the molecule is CNCc1ccc(S(=O)(=O)NC2Cc3ccccc3C2)o1. The fourth-order valence-corrected chi connectivity index (χ4v) is 3.88. The molecule has 6 heteroatoms. The van der Waals surface area contributed by atoms with Gasteiger partial charge in [0, 0.05) is 6.04 Å². The lowest BCUT2D eigenvalue weighted by atomic mass is 10.1. The van der Waals surface area contributed by atoms with Gasteiger partial charge >= 0.3 is 0 Å². The van der Waals surface area contributed by atoms with Crippen LogP contribution in [0.2, 0.25) is 0 Å². The topological polar surface area (TPSA) is 71.3 Å². The summed E-state index contributed by atoms with van der Waals surface area (Å²) in [5.41, 5.74) is 2.42.